The first kappa shape index (κ1) is 11.4. The standard InChI is InChI=1S/C12H17N.ClH/c13-12-9-5-4-8-11(12)10-6-2-1-3-7-10;/h4-5,8-10H,1-3,6-7,13H2;1H. The molecule has 1 aliphatic rings. The van der Waals surface area contributed by atoms with Crippen LogP contribution in [0.15, 0.2) is 24.3 Å². The molecule has 0 aliphatic heterocycles. The smallest absolute Gasteiger partial charge is 0.0349 e. The van der Waals surface area contributed by atoms with Crippen molar-refractivity contribution in [1.82, 2.24) is 0 Å². The van der Waals surface area contributed by atoms with E-state index >= 15 is 0 Å². The van der Waals surface area contributed by atoms with E-state index in [1.54, 1.807) is 0 Å². The van der Waals surface area contributed by atoms with E-state index < -0.39 is 0 Å². The molecule has 2 heteroatoms. The molecule has 1 fully saturated rings. The molecule has 2 N–H and O–H groups in total. The minimum absolute atomic E-state index is 0. The lowest BCUT2D eigenvalue weighted by Crippen LogP contribution is -2.06. The third-order valence-electron chi connectivity index (χ3n) is 3.04. The molecule has 0 atom stereocenters. The molecular formula is C12H18ClN. The lowest BCUT2D eigenvalue weighted by atomic mass is 9.83. The van der Waals surface area contributed by atoms with Gasteiger partial charge < -0.3 is 5.73 Å². The summed E-state index contributed by atoms with van der Waals surface area (Å²) in [6, 6.07) is 8.32. The highest BCUT2D eigenvalue weighted by Gasteiger charge is 2.16. The average molecular weight is 212 g/mol. The zero-order valence-electron chi connectivity index (χ0n) is 8.41. The number of hydrogen-bond acceptors (Lipinski definition) is 1. The second-order valence-electron chi connectivity index (χ2n) is 3.96. The van der Waals surface area contributed by atoms with E-state index in [0.29, 0.717) is 0 Å². The summed E-state index contributed by atoms with van der Waals surface area (Å²) in [5.74, 6) is 0.731. The summed E-state index contributed by atoms with van der Waals surface area (Å²) >= 11 is 0. The fourth-order valence-electron chi connectivity index (χ4n) is 2.30. The van der Waals surface area contributed by atoms with Crippen LogP contribution in [0.3, 0.4) is 0 Å². The Morgan fingerprint density at radius 3 is 2.29 bits per heavy atom. The maximum atomic E-state index is 5.95. The van der Waals surface area contributed by atoms with Gasteiger partial charge in [-0.2, -0.15) is 0 Å². The Labute approximate surface area is 92.1 Å². The van der Waals surface area contributed by atoms with Crippen LogP contribution in [0, 0.1) is 0 Å². The van der Waals surface area contributed by atoms with Crippen LogP contribution in [-0.4, -0.2) is 0 Å². The Balaban J connectivity index is 0.000000980. The van der Waals surface area contributed by atoms with Gasteiger partial charge in [0.05, 0.1) is 0 Å². The summed E-state index contributed by atoms with van der Waals surface area (Å²) in [4.78, 5) is 0. The Morgan fingerprint density at radius 1 is 1.00 bits per heavy atom. The van der Waals surface area contributed by atoms with Crippen molar-refractivity contribution in [3.05, 3.63) is 29.8 Å². The van der Waals surface area contributed by atoms with Gasteiger partial charge in [-0.3, -0.25) is 0 Å². The molecule has 1 aromatic carbocycles. The van der Waals surface area contributed by atoms with Crippen molar-refractivity contribution in [2.75, 3.05) is 5.73 Å². The zero-order chi connectivity index (χ0) is 9.10. The van der Waals surface area contributed by atoms with Gasteiger partial charge in [0.15, 0.2) is 0 Å². The number of anilines is 1. The van der Waals surface area contributed by atoms with Gasteiger partial charge in [0.1, 0.15) is 0 Å². The normalized spacial score (nSPS) is 17.4. The predicted molar refractivity (Wildman–Crippen MR) is 63.9 cm³/mol. The van der Waals surface area contributed by atoms with Crippen LogP contribution < -0.4 is 5.73 Å². The van der Waals surface area contributed by atoms with Crippen LogP contribution in [-0.2, 0) is 0 Å². The summed E-state index contributed by atoms with van der Waals surface area (Å²) in [7, 11) is 0. The molecule has 0 bridgehead atoms. The van der Waals surface area contributed by atoms with Crippen molar-refractivity contribution in [1.29, 1.82) is 0 Å². The number of halogens is 1. The van der Waals surface area contributed by atoms with Crippen molar-refractivity contribution in [3.63, 3.8) is 0 Å². The molecular weight excluding hydrogens is 194 g/mol. The molecule has 0 spiro atoms. The molecule has 1 aliphatic carbocycles. The molecule has 0 radical (unpaired) electrons. The highest BCUT2D eigenvalue weighted by atomic mass is 35.5. The van der Waals surface area contributed by atoms with Crippen LogP contribution >= 0.6 is 12.4 Å². The molecule has 0 amide bonds. The van der Waals surface area contributed by atoms with E-state index in [4.69, 9.17) is 5.73 Å². The average Bonchev–Trinajstić information content (AvgIpc) is 2.20. The number of para-hydroxylation sites is 1. The van der Waals surface area contributed by atoms with Crippen molar-refractivity contribution in [2.45, 2.75) is 38.0 Å². The molecule has 0 unspecified atom stereocenters. The van der Waals surface area contributed by atoms with E-state index in [-0.39, 0.29) is 12.4 Å². The lowest BCUT2D eigenvalue weighted by molar-refractivity contribution is 0.444. The molecule has 1 aromatic rings. The monoisotopic (exact) mass is 211 g/mol. The van der Waals surface area contributed by atoms with Gasteiger partial charge >= 0.3 is 0 Å². The third-order valence-corrected chi connectivity index (χ3v) is 3.04. The number of nitrogens with two attached hydrogens (primary N) is 1. The number of hydrogen-bond donors (Lipinski definition) is 1. The summed E-state index contributed by atoms with van der Waals surface area (Å²) in [5.41, 5.74) is 8.31. The quantitative estimate of drug-likeness (QED) is 0.704. The van der Waals surface area contributed by atoms with E-state index in [1.165, 1.54) is 37.7 Å². The Kier molecular flexibility index (Phi) is 4.27. The first-order chi connectivity index (χ1) is 6.38. The zero-order valence-corrected chi connectivity index (χ0v) is 9.22. The maximum Gasteiger partial charge on any atom is 0.0349 e. The summed E-state index contributed by atoms with van der Waals surface area (Å²) < 4.78 is 0. The van der Waals surface area contributed by atoms with Gasteiger partial charge in [-0.25, -0.2) is 0 Å². The highest BCUT2D eigenvalue weighted by molar-refractivity contribution is 5.85. The number of benzene rings is 1. The third kappa shape index (κ3) is 2.42. The first-order valence-electron chi connectivity index (χ1n) is 5.22. The van der Waals surface area contributed by atoms with Crippen molar-refractivity contribution >= 4 is 18.1 Å². The Morgan fingerprint density at radius 2 is 1.64 bits per heavy atom. The molecule has 78 valence electrons. The summed E-state index contributed by atoms with van der Waals surface area (Å²) in [6.45, 7) is 0. The SMILES string of the molecule is Cl.Nc1ccccc1C1CCCCC1. The molecule has 0 heterocycles. The topological polar surface area (TPSA) is 26.0 Å². The molecule has 2 rings (SSSR count). The summed E-state index contributed by atoms with van der Waals surface area (Å²) in [6.07, 6.45) is 6.81. The fourth-order valence-corrected chi connectivity index (χ4v) is 2.30. The van der Waals surface area contributed by atoms with Crippen LogP contribution in [0.5, 0.6) is 0 Å². The number of rotatable bonds is 1. The lowest BCUT2D eigenvalue weighted by Gasteiger charge is -2.23. The Bertz CT molecular complexity index is 279. The van der Waals surface area contributed by atoms with Crippen LogP contribution in [0.1, 0.15) is 43.6 Å². The molecule has 0 aromatic heterocycles. The van der Waals surface area contributed by atoms with Crippen molar-refractivity contribution in [2.24, 2.45) is 0 Å². The van der Waals surface area contributed by atoms with E-state index in [0.717, 1.165) is 11.6 Å². The van der Waals surface area contributed by atoms with Gasteiger partial charge in [0, 0.05) is 5.69 Å². The minimum atomic E-state index is 0. The Hall–Kier alpha value is -0.690. The largest absolute Gasteiger partial charge is 0.398 e. The maximum absolute atomic E-state index is 5.95. The van der Waals surface area contributed by atoms with E-state index in [1.807, 2.05) is 12.1 Å². The molecule has 14 heavy (non-hydrogen) atoms. The second kappa shape index (κ2) is 5.26. The van der Waals surface area contributed by atoms with Gasteiger partial charge in [0.25, 0.3) is 0 Å². The van der Waals surface area contributed by atoms with Gasteiger partial charge in [0.2, 0.25) is 0 Å². The van der Waals surface area contributed by atoms with E-state index in [2.05, 4.69) is 12.1 Å². The predicted octanol–water partition coefficient (Wildman–Crippen LogP) is 3.74. The van der Waals surface area contributed by atoms with Crippen molar-refractivity contribution in [3.8, 4) is 0 Å². The van der Waals surface area contributed by atoms with Crippen LogP contribution in [0.2, 0.25) is 0 Å². The summed E-state index contributed by atoms with van der Waals surface area (Å²) in [5, 5.41) is 0. The molecule has 0 saturated heterocycles. The highest BCUT2D eigenvalue weighted by Crippen LogP contribution is 2.34. The van der Waals surface area contributed by atoms with Gasteiger partial charge in [-0.1, -0.05) is 37.5 Å². The second-order valence-corrected chi connectivity index (χ2v) is 3.96. The van der Waals surface area contributed by atoms with Crippen LogP contribution in [0.4, 0.5) is 5.69 Å². The first-order valence-corrected chi connectivity index (χ1v) is 5.22. The van der Waals surface area contributed by atoms with Crippen LogP contribution in [0.25, 0.3) is 0 Å². The molecule has 1 saturated carbocycles. The number of nitrogen functional groups attached to an aromatic ring is 1. The minimum Gasteiger partial charge on any atom is -0.398 e. The van der Waals surface area contributed by atoms with Gasteiger partial charge in [-0.05, 0) is 30.4 Å². The molecule has 1 nitrogen and oxygen atoms in total. The fraction of sp³-hybridized carbons (Fsp3) is 0.500. The van der Waals surface area contributed by atoms with E-state index in [9.17, 15) is 0 Å². The van der Waals surface area contributed by atoms with Gasteiger partial charge in [-0.15, -0.1) is 12.4 Å². The van der Waals surface area contributed by atoms with Crippen molar-refractivity contribution < 1.29 is 0 Å².